The molecule has 0 fully saturated rings. The van der Waals surface area contributed by atoms with Crippen molar-refractivity contribution < 1.29 is 14.7 Å². The van der Waals surface area contributed by atoms with Crippen molar-refractivity contribution >= 4 is 23.4 Å². The van der Waals surface area contributed by atoms with Gasteiger partial charge < -0.3 is 5.11 Å². The first-order chi connectivity index (χ1) is 12.1. The molecule has 0 spiro atoms. The average molecular weight is 357 g/mol. The Hall–Kier alpha value is -3.32. The number of aromatic hydroxyl groups is 1. The van der Waals surface area contributed by atoms with Crippen LogP contribution in [0.15, 0.2) is 54.7 Å². The van der Waals surface area contributed by atoms with Gasteiger partial charge >= 0.3 is 0 Å². The summed E-state index contributed by atoms with van der Waals surface area (Å²) >= 11 is 5.80. The normalized spacial score (nSPS) is 10.3. The lowest BCUT2D eigenvalue weighted by atomic mass is 10.1. The molecule has 3 rings (SSSR count). The fourth-order valence-electron chi connectivity index (χ4n) is 2.22. The summed E-state index contributed by atoms with van der Waals surface area (Å²) in [4.78, 5) is 24.4. The molecule has 0 atom stereocenters. The van der Waals surface area contributed by atoms with E-state index in [0.717, 1.165) is 5.56 Å². The zero-order valence-electron chi connectivity index (χ0n) is 12.8. The van der Waals surface area contributed by atoms with Crippen LogP contribution in [-0.4, -0.2) is 27.1 Å². The predicted molar refractivity (Wildman–Crippen MR) is 92.1 cm³/mol. The topological polar surface area (TPSA) is 107 Å². The lowest BCUT2D eigenvalue weighted by Gasteiger charge is -2.09. The maximum absolute atomic E-state index is 12.3. The second kappa shape index (κ2) is 7.06. The van der Waals surface area contributed by atoms with E-state index >= 15 is 0 Å². The van der Waals surface area contributed by atoms with E-state index in [4.69, 9.17) is 11.6 Å². The van der Waals surface area contributed by atoms with E-state index in [0.29, 0.717) is 5.69 Å². The van der Waals surface area contributed by atoms with Crippen LogP contribution in [0, 0.1) is 0 Å². The Morgan fingerprint density at radius 3 is 2.40 bits per heavy atom. The van der Waals surface area contributed by atoms with E-state index in [1.807, 2.05) is 30.3 Å². The van der Waals surface area contributed by atoms with Gasteiger partial charge in [0.05, 0.1) is 23.0 Å². The maximum Gasteiger partial charge on any atom is 0.273 e. The number of carbonyl (C=O) groups is 2. The van der Waals surface area contributed by atoms with Gasteiger partial charge in [0.25, 0.3) is 11.8 Å². The van der Waals surface area contributed by atoms with Gasteiger partial charge in [-0.2, -0.15) is 5.10 Å². The highest BCUT2D eigenvalue weighted by atomic mass is 35.5. The Bertz CT molecular complexity index is 925. The number of H-pyrrole nitrogens is 1. The molecule has 126 valence electrons. The van der Waals surface area contributed by atoms with Gasteiger partial charge in [0.2, 0.25) is 0 Å². The summed E-state index contributed by atoms with van der Waals surface area (Å²) in [5.74, 6) is -1.50. The van der Waals surface area contributed by atoms with E-state index < -0.39 is 11.8 Å². The minimum Gasteiger partial charge on any atom is -0.507 e. The van der Waals surface area contributed by atoms with Crippen molar-refractivity contribution in [3.63, 3.8) is 0 Å². The van der Waals surface area contributed by atoms with Gasteiger partial charge in [-0.15, -0.1) is 0 Å². The number of hydrogen-bond donors (Lipinski definition) is 4. The van der Waals surface area contributed by atoms with E-state index in [-0.39, 0.29) is 21.9 Å². The molecule has 0 unspecified atom stereocenters. The lowest BCUT2D eigenvalue weighted by Crippen LogP contribution is -2.41. The van der Waals surface area contributed by atoms with Gasteiger partial charge in [-0.1, -0.05) is 41.9 Å². The molecule has 0 aliphatic rings. The number of rotatable bonds is 3. The van der Waals surface area contributed by atoms with Gasteiger partial charge in [-0.05, 0) is 18.2 Å². The van der Waals surface area contributed by atoms with Gasteiger partial charge in [-0.25, -0.2) is 0 Å². The SMILES string of the molecule is O=C(NNC(=O)c1cn[nH]c1-c1ccccc1)c1cc(Cl)ccc1O. The van der Waals surface area contributed by atoms with Crippen molar-refractivity contribution in [3.05, 3.63) is 70.9 Å². The summed E-state index contributed by atoms with van der Waals surface area (Å²) in [6.45, 7) is 0. The molecule has 0 bridgehead atoms. The molecule has 0 saturated carbocycles. The van der Waals surface area contributed by atoms with E-state index in [1.54, 1.807) is 0 Å². The third-order valence-electron chi connectivity index (χ3n) is 3.44. The Morgan fingerprint density at radius 1 is 1.00 bits per heavy atom. The number of phenols is 1. The number of amides is 2. The van der Waals surface area contributed by atoms with Crippen LogP contribution in [0.5, 0.6) is 5.75 Å². The standard InChI is InChI=1S/C17H13ClN4O3/c18-11-6-7-14(23)12(8-11)16(24)21-22-17(25)13-9-19-20-15(13)10-4-2-1-3-5-10/h1-9,23H,(H,19,20)(H,21,24)(H,22,25). The molecule has 25 heavy (non-hydrogen) atoms. The Labute approximate surface area is 147 Å². The number of nitrogens with zero attached hydrogens (tertiary/aromatic N) is 1. The lowest BCUT2D eigenvalue weighted by molar-refractivity contribution is 0.0845. The molecular formula is C17H13ClN4O3. The molecule has 1 aromatic heterocycles. The number of phenolic OH excluding ortho intramolecular Hbond substituents is 1. The molecule has 2 aromatic carbocycles. The Morgan fingerprint density at radius 2 is 1.68 bits per heavy atom. The van der Waals surface area contributed by atoms with Crippen LogP contribution in [0.2, 0.25) is 5.02 Å². The molecule has 4 N–H and O–H groups in total. The highest BCUT2D eigenvalue weighted by Crippen LogP contribution is 2.22. The molecule has 3 aromatic rings. The van der Waals surface area contributed by atoms with Crippen LogP contribution in [0.4, 0.5) is 0 Å². The van der Waals surface area contributed by atoms with Crippen LogP contribution >= 0.6 is 11.6 Å². The number of carbonyl (C=O) groups excluding carboxylic acids is 2. The van der Waals surface area contributed by atoms with Crippen molar-refractivity contribution in [1.82, 2.24) is 21.0 Å². The highest BCUT2D eigenvalue weighted by molar-refractivity contribution is 6.31. The predicted octanol–water partition coefficient (Wildman–Crippen LogP) is 2.51. The number of hydrazine groups is 1. The van der Waals surface area contributed by atoms with Crippen LogP contribution in [0.25, 0.3) is 11.3 Å². The minimum absolute atomic E-state index is 0.0525. The number of halogens is 1. The Kier molecular flexibility index (Phi) is 4.67. The number of aromatic nitrogens is 2. The quantitative estimate of drug-likeness (QED) is 0.541. The van der Waals surface area contributed by atoms with Crippen molar-refractivity contribution in [1.29, 1.82) is 0 Å². The second-order valence-electron chi connectivity index (χ2n) is 5.09. The third-order valence-corrected chi connectivity index (χ3v) is 3.67. The van der Waals surface area contributed by atoms with Crippen LogP contribution in [0.1, 0.15) is 20.7 Å². The summed E-state index contributed by atoms with van der Waals surface area (Å²) in [6, 6.07) is 13.2. The monoisotopic (exact) mass is 356 g/mol. The zero-order chi connectivity index (χ0) is 17.8. The van der Waals surface area contributed by atoms with Crippen molar-refractivity contribution in [2.24, 2.45) is 0 Å². The number of hydrogen-bond acceptors (Lipinski definition) is 4. The first-order valence-corrected chi connectivity index (χ1v) is 7.62. The third kappa shape index (κ3) is 3.61. The molecule has 0 aliphatic carbocycles. The fraction of sp³-hybridized carbons (Fsp3) is 0. The average Bonchev–Trinajstić information content (AvgIpc) is 3.12. The molecule has 1 heterocycles. The van der Waals surface area contributed by atoms with Crippen LogP contribution in [-0.2, 0) is 0 Å². The largest absolute Gasteiger partial charge is 0.507 e. The van der Waals surface area contributed by atoms with Gasteiger partial charge in [0.1, 0.15) is 5.75 Å². The Balaban J connectivity index is 1.73. The van der Waals surface area contributed by atoms with Gasteiger partial charge in [0, 0.05) is 10.6 Å². The van der Waals surface area contributed by atoms with E-state index in [1.165, 1.54) is 24.4 Å². The first-order valence-electron chi connectivity index (χ1n) is 7.24. The maximum atomic E-state index is 12.3. The summed E-state index contributed by atoms with van der Waals surface area (Å²) in [7, 11) is 0. The van der Waals surface area contributed by atoms with Crippen LogP contribution < -0.4 is 10.9 Å². The van der Waals surface area contributed by atoms with Crippen LogP contribution in [0.3, 0.4) is 0 Å². The number of nitrogens with one attached hydrogen (secondary N) is 3. The highest BCUT2D eigenvalue weighted by Gasteiger charge is 2.17. The zero-order valence-corrected chi connectivity index (χ0v) is 13.5. The van der Waals surface area contributed by atoms with Gasteiger partial charge in [-0.3, -0.25) is 25.5 Å². The number of aromatic amines is 1. The fourth-order valence-corrected chi connectivity index (χ4v) is 2.39. The summed E-state index contributed by atoms with van der Waals surface area (Å²) in [5, 5.41) is 16.6. The second-order valence-corrected chi connectivity index (χ2v) is 5.53. The number of benzene rings is 2. The smallest absolute Gasteiger partial charge is 0.273 e. The minimum atomic E-state index is -0.696. The molecule has 0 radical (unpaired) electrons. The molecular weight excluding hydrogens is 344 g/mol. The molecule has 7 nitrogen and oxygen atoms in total. The van der Waals surface area contributed by atoms with Crippen molar-refractivity contribution in [2.75, 3.05) is 0 Å². The molecule has 0 saturated heterocycles. The first kappa shape index (κ1) is 16.5. The van der Waals surface area contributed by atoms with Gasteiger partial charge in [0.15, 0.2) is 0 Å². The molecule has 8 heteroatoms. The summed E-state index contributed by atoms with van der Waals surface area (Å²) in [6.07, 6.45) is 1.36. The summed E-state index contributed by atoms with van der Waals surface area (Å²) < 4.78 is 0. The van der Waals surface area contributed by atoms with E-state index in [9.17, 15) is 14.7 Å². The molecule has 2 amide bonds. The van der Waals surface area contributed by atoms with E-state index in [2.05, 4.69) is 21.0 Å². The summed E-state index contributed by atoms with van der Waals surface area (Å²) in [5.41, 5.74) is 6.04. The molecule has 0 aliphatic heterocycles. The van der Waals surface area contributed by atoms with Crippen molar-refractivity contribution in [2.45, 2.75) is 0 Å². The van der Waals surface area contributed by atoms with Crippen molar-refractivity contribution in [3.8, 4) is 17.0 Å².